The lowest BCUT2D eigenvalue weighted by molar-refractivity contribution is -0.125. The summed E-state index contributed by atoms with van der Waals surface area (Å²) in [4.78, 5) is 15.9. The average Bonchev–Trinajstić information content (AvgIpc) is 2.72. The van der Waals surface area contributed by atoms with Gasteiger partial charge in [0.15, 0.2) is 17.5 Å². The van der Waals surface area contributed by atoms with Crippen LogP contribution >= 0.6 is 0 Å². The fraction of sp³-hybridized carbons (Fsp3) is 0.667. The van der Waals surface area contributed by atoms with Gasteiger partial charge in [-0.1, -0.05) is 0 Å². The molecule has 1 saturated carbocycles. The van der Waals surface area contributed by atoms with Gasteiger partial charge in [-0.2, -0.15) is 0 Å². The van der Waals surface area contributed by atoms with Gasteiger partial charge in [-0.15, -0.1) is 0 Å². The Bertz CT molecular complexity index is 665. The molecular weight excluding hydrogens is 383 g/mol. The molecule has 3 rings (SSSR count). The number of anilines is 1. The molecule has 1 aromatic rings. The molecule has 1 heterocycles. The van der Waals surface area contributed by atoms with Crippen LogP contribution in [0.4, 0.5) is 18.9 Å². The maximum Gasteiger partial charge on any atom is 0.246 e. The van der Waals surface area contributed by atoms with E-state index in [1.54, 1.807) is 0 Å². The van der Waals surface area contributed by atoms with Crippen LogP contribution in [0.1, 0.15) is 32.1 Å². The summed E-state index contributed by atoms with van der Waals surface area (Å²) in [6.07, 6.45) is 5.38. The molecule has 162 valence electrons. The summed E-state index contributed by atoms with van der Waals surface area (Å²) < 4.78 is 44.9. The molecule has 1 N–H and O–H groups in total. The second-order valence-electron chi connectivity index (χ2n) is 8.06. The number of rotatable bonds is 7. The molecule has 5 nitrogen and oxygen atoms in total. The van der Waals surface area contributed by atoms with Crippen molar-refractivity contribution >= 4 is 11.6 Å². The molecule has 0 atom stereocenters. The molecular formula is C21H30F3N3O2. The standard InChI is InChI=1S/C21H30F3N3O2/c1-29-14-20(28)25-16-4-2-15(3-5-16)6-7-26-8-10-27(11-9-26)17-12-18(22)21(24)19(23)13-17/h12-13,15-16H,2-11,14H2,1H3,(H,25,28). The van der Waals surface area contributed by atoms with E-state index in [2.05, 4.69) is 10.2 Å². The minimum Gasteiger partial charge on any atom is -0.375 e. The number of hydrogen-bond acceptors (Lipinski definition) is 4. The van der Waals surface area contributed by atoms with Gasteiger partial charge in [-0.05, 0) is 44.6 Å². The normalized spacial score (nSPS) is 23.2. The molecule has 1 aliphatic carbocycles. The minimum absolute atomic E-state index is 0.0465. The Labute approximate surface area is 170 Å². The fourth-order valence-corrected chi connectivity index (χ4v) is 4.32. The van der Waals surface area contributed by atoms with Gasteiger partial charge in [-0.3, -0.25) is 9.69 Å². The molecule has 2 fully saturated rings. The van der Waals surface area contributed by atoms with Crippen LogP contribution in [0.2, 0.25) is 0 Å². The Morgan fingerprint density at radius 1 is 1.07 bits per heavy atom. The molecule has 8 heteroatoms. The molecule has 1 amide bonds. The number of nitrogens with one attached hydrogen (secondary N) is 1. The number of amides is 1. The lowest BCUT2D eigenvalue weighted by Gasteiger charge is -2.37. The van der Waals surface area contributed by atoms with Crippen LogP contribution in [0.15, 0.2) is 12.1 Å². The van der Waals surface area contributed by atoms with E-state index in [0.29, 0.717) is 24.7 Å². The number of halogens is 3. The van der Waals surface area contributed by atoms with Gasteiger partial charge >= 0.3 is 0 Å². The number of hydrogen-bond donors (Lipinski definition) is 1. The Morgan fingerprint density at radius 2 is 1.69 bits per heavy atom. The van der Waals surface area contributed by atoms with E-state index in [4.69, 9.17) is 4.74 Å². The molecule has 1 aliphatic heterocycles. The quantitative estimate of drug-likeness (QED) is 0.699. The predicted octanol–water partition coefficient (Wildman–Crippen LogP) is 2.94. The first kappa shape index (κ1) is 21.9. The highest BCUT2D eigenvalue weighted by molar-refractivity contribution is 5.77. The van der Waals surface area contributed by atoms with E-state index >= 15 is 0 Å². The summed E-state index contributed by atoms with van der Waals surface area (Å²) in [6.45, 7) is 4.10. The Kier molecular flexibility index (Phi) is 7.77. The van der Waals surface area contributed by atoms with Crippen molar-refractivity contribution in [3.63, 3.8) is 0 Å². The van der Waals surface area contributed by atoms with Gasteiger partial charge < -0.3 is 15.0 Å². The Morgan fingerprint density at radius 3 is 2.28 bits per heavy atom. The zero-order chi connectivity index (χ0) is 20.8. The van der Waals surface area contributed by atoms with E-state index in [-0.39, 0.29) is 18.6 Å². The van der Waals surface area contributed by atoms with Crippen LogP contribution in [0, 0.1) is 23.4 Å². The first-order chi connectivity index (χ1) is 14.0. The molecule has 0 aromatic heterocycles. The third-order valence-corrected chi connectivity index (χ3v) is 6.05. The first-order valence-electron chi connectivity index (χ1n) is 10.4. The third kappa shape index (κ3) is 6.09. The monoisotopic (exact) mass is 413 g/mol. The number of methoxy groups -OCH3 is 1. The SMILES string of the molecule is COCC(=O)NC1CCC(CCN2CCN(c3cc(F)c(F)c(F)c3)CC2)CC1. The predicted molar refractivity (Wildman–Crippen MR) is 105 cm³/mol. The van der Waals surface area contributed by atoms with Crippen molar-refractivity contribution in [2.45, 2.75) is 38.1 Å². The summed E-state index contributed by atoms with van der Waals surface area (Å²) in [7, 11) is 1.52. The molecule has 0 bridgehead atoms. The largest absolute Gasteiger partial charge is 0.375 e. The van der Waals surface area contributed by atoms with E-state index in [1.165, 1.54) is 7.11 Å². The third-order valence-electron chi connectivity index (χ3n) is 6.05. The van der Waals surface area contributed by atoms with Crippen LogP contribution < -0.4 is 10.2 Å². The van der Waals surface area contributed by atoms with E-state index in [9.17, 15) is 18.0 Å². The second-order valence-corrected chi connectivity index (χ2v) is 8.06. The molecule has 0 unspecified atom stereocenters. The number of benzene rings is 1. The molecule has 2 aliphatic rings. The van der Waals surface area contributed by atoms with Crippen molar-refractivity contribution in [3.8, 4) is 0 Å². The zero-order valence-electron chi connectivity index (χ0n) is 16.9. The van der Waals surface area contributed by atoms with Gasteiger partial charge in [0.05, 0.1) is 0 Å². The maximum absolute atomic E-state index is 13.5. The van der Waals surface area contributed by atoms with Crippen LogP contribution in [0.25, 0.3) is 0 Å². The molecule has 0 spiro atoms. The maximum atomic E-state index is 13.5. The average molecular weight is 413 g/mol. The smallest absolute Gasteiger partial charge is 0.246 e. The number of nitrogens with zero attached hydrogens (tertiary/aromatic N) is 2. The highest BCUT2D eigenvalue weighted by Gasteiger charge is 2.24. The zero-order valence-corrected chi connectivity index (χ0v) is 16.9. The van der Waals surface area contributed by atoms with Crippen LogP contribution in [-0.4, -0.2) is 63.3 Å². The molecule has 1 saturated heterocycles. The van der Waals surface area contributed by atoms with Gasteiger partial charge in [0.25, 0.3) is 0 Å². The Balaban J connectivity index is 1.36. The summed E-state index contributed by atoms with van der Waals surface area (Å²) >= 11 is 0. The topological polar surface area (TPSA) is 44.8 Å². The highest BCUT2D eigenvalue weighted by atomic mass is 19.2. The Hall–Kier alpha value is -1.80. The van der Waals surface area contributed by atoms with Crippen molar-refractivity contribution in [1.29, 1.82) is 0 Å². The summed E-state index contributed by atoms with van der Waals surface area (Å²) in [5.74, 6) is -3.08. The summed E-state index contributed by atoms with van der Waals surface area (Å²) in [5.41, 5.74) is 0.398. The number of piperazine rings is 1. The van der Waals surface area contributed by atoms with Crippen LogP contribution in [0.3, 0.4) is 0 Å². The van der Waals surface area contributed by atoms with Crippen molar-refractivity contribution in [3.05, 3.63) is 29.6 Å². The van der Waals surface area contributed by atoms with Crippen LogP contribution in [-0.2, 0) is 9.53 Å². The van der Waals surface area contributed by atoms with Gasteiger partial charge in [0, 0.05) is 57.2 Å². The van der Waals surface area contributed by atoms with E-state index in [0.717, 1.165) is 63.9 Å². The van der Waals surface area contributed by atoms with Gasteiger partial charge in [0.2, 0.25) is 5.91 Å². The van der Waals surface area contributed by atoms with Crippen LogP contribution in [0.5, 0.6) is 0 Å². The van der Waals surface area contributed by atoms with Gasteiger partial charge in [0.1, 0.15) is 6.61 Å². The van der Waals surface area contributed by atoms with Gasteiger partial charge in [-0.25, -0.2) is 13.2 Å². The van der Waals surface area contributed by atoms with Crippen molar-refractivity contribution in [2.75, 3.05) is 51.3 Å². The number of carbonyl (C=O) groups is 1. The first-order valence-corrected chi connectivity index (χ1v) is 10.4. The summed E-state index contributed by atoms with van der Waals surface area (Å²) in [6, 6.07) is 2.39. The lowest BCUT2D eigenvalue weighted by atomic mass is 9.84. The summed E-state index contributed by atoms with van der Waals surface area (Å²) in [5, 5.41) is 3.02. The van der Waals surface area contributed by atoms with Crippen molar-refractivity contribution < 1.29 is 22.7 Å². The number of ether oxygens (including phenoxy) is 1. The minimum atomic E-state index is -1.42. The molecule has 29 heavy (non-hydrogen) atoms. The molecule has 0 radical (unpaired) electrons. The molecule has 1 aromatic carbocycles. The fourth-order valence-electron chi connectivity index (χ4n) is 4.32. The van der Waals surface area contributed by atoms with E-state index < -0.39 is 17.5 Å². The van der Waals surface area contributed by atoms with Crippen molar-refractivity contribution in [1.82, 2.24) is 10.2 Å². The van der Waals surface area contributed by atoms with E-state index in [1.807, 2.05) is 4.90 Å². The number of carbonyl (C=O) groups excluding carboxylic acids is 1. The lowest BCUT2D eigenvalue weighted by Crippen LogP contribution is -2.47. The highest BCUT2D eigenvalue weighted by Crippen LogP contribution is 2.28. The van der Waals surface area contributed by atoms with Crippen molar-refractivity contribution in [2.24, 2.45) is 5.92 Å². The second kappa shape index (κ2) is 10.3.